The predicted molar refractivity (Wildman–Crippen MR) is 51.2 cm³/mol. The molecule has 0 N–H and O–H groups in total. The van der Waals surface area contributed by atoms with Crippen molar-refractivity contribution in [1.82, 2.24) is 0 Å². The lowest BCUT2D eigenvalue weighted by atomic mass is 9.85. The van der Waals surface area contributed by atoms with Crippen LogP contribution in [-0.2, 0) is 14.2 Å². The van der Waals surface area contributed by atoms with Crippen LogP contribution in [0.1, 0.15) is 19.3 Å². The molecule has 0 bridgehead atoms. The van der Waals surface area contributed by atoms with Gasteiger partial charge in [0.25, 0.3) is 0 Å². The van der Waals surface area contributed by atoms with Crippen molar-refractivity contribution in [3.63, 3.8) is 0 Å². The molecule has 5 atom stereocenters. The van der Waals surface area contributed by atoms with E-state index in [9.17, 15) is 0 Å². The molecule has 76 valence electrons. The number of hydrogen-bond donors (Lipinski definition) is 0. The van der Waals surface area contributed by atoms with Crippen LogP contribution in [0.4, 0.5) is 0 Å². The zero-order valence-corrected chi connectivity index (χ0v) is 8.66. The second kappa shape index (κ2) is 2.54. The van der Waals surface area contributed by atoms with Crippen LogP contribution in [0, 0.1) is 5.92 Å². The number of rotatable bonds is 2. The van der Waals surface area contributed by atoms with Gasteiger partial charge in [0.1, 0.15) is 19.6 Å². The molecule has 0 unspecified atom stereocenters. The van der Waals surface area contributed by atoms with Gasteiger partial charge in [-0.1, -0.05) is 0 Å². The van der Waals surface area contributed by atoms with Gasteiger partial charge in [-0.2, -0.15) is 0 Å². The molecule has 14 heavy (non-hydrogen) atoms. The van der Waals surface area contributed by atoms with Crippen LogP contribution < -0.4 is 0 Å². The largest absolute Gasteiger partial charge is 0.379 e. The van der Waals surface area contributed by atoms with Gasteiger partial charge < -0.3 is 14.2 Å². The summed E-state index contributed by atoms with van der Waals surface area (Å²) in [6, 6.07) is -0.187. The molecule has 1 heterocycles. The third-order valence-electron chi connectivity index (χ3n) is 4.25. The summed E-state index contributed by atoms with van der Waals surface area (Å²) in [5.74, 6) is 0.616. The Hall–Kier alpha value is -0.0551. The molecule has 0 amide bonds. The van der Waals surface area contributed by atoms with Gasteiger partial charge in [0, 0.05) is 20.2 Å². The monoisotopic (exact) mass is 194 g/mol. The summed E-state index contributed by atoms with van der Waals surface area (Å²) in [7, 11) is 9.34. The number of hydrogen-bond acceptors (Lipinski definition) is 3. The van der Waals surface area contributed by atoms with E-state index >= 15 is 0 Å². The van der Waals surface area contributed by atoms with E-state index in [1.165, 1.54) is 0 Å². The zero-order valence-electron chi connectivity index (χ0n) is 8.66. The lowest BCUT2D eigenvalue weighted by Crippen LogP contribution is -2.44. The Bertz CT molecular complexity index is 268. The Balaban J connectivity index is 1.93. The van der Waals surface area contributed by atoms with Crippen molar-refractivity contribution in [2.24, 2.45) is 5.92 Å². The SMILES string of the molecule is [B][C@H]1C[C@@]2(OC)C[C@@H]3C[C@]3(OC)[C@H]2O1. The fraction of sp³-hybridized carbons (Fsp3) is 1.00. The Labute approximate surface area is 85.5 Å². The molecular weight excluding hydrogens is 179 g/mol. The van der Waals surface area contributed by atoms with Crippen molar-refractivity contribution in [2.75, 3.05) is 14.2 Å². The van der Waals surface area contributed by atoms with Crippen molar-refractivity contribution in [3.8, 4) is 0 Å². The molecule has 4 heteroatoms. The molecule has 3 nitrogen and oxygen atoms in total. The first-order chi connectivity index (χ1) is 6.67. The van der Waals surface area contributed by atoms with Gasteiger partial charge in [0.2, 0.25) is 0 Å². The summed E-state index contributed by atoms with van der Waals surface area (Å²) in [6.07, 6.45) is 2.99. The van der Waals surface area contributed by atoms with Crippen molar-refractivity contribution >= 4 is 7.85 Å². The van der Waals surface area contributed by atoms with Gasteiger partial charge in [-0.25, -0.2) is 0 Å². The van der Waals surface area contributed by atoms with Crippen molar-refractivity contribution < 1.29 is 14.2 Å². The Morgan fingerprint density at radius 1 is 1.21 bits per heavy atom. The predicted octanol–water partition coefficient (Wildman–Crippen LogP) is 0.464. The normalized spacial score (nSPS) is 59.7. The van der Waals surface area contributed by atoms with Crippen molar-refractivity contribution in [2.45, 2.75) is 42.6 Å². The van der Waals surface area contributed by atoms with E-state index in [-0.39, 0.29) is 23.3 Å². The first kappa shape index (κ1) is 9.19. The molecule has 2 saturated carbocycles. The van der Waals surface area contributed by atoms with Crippen LogP contribution >= 0.6 is 0 Å². The molecule has 3 aliphatic rings. The second-order valence-electron chi connectivity index (χ2n) is 4.79. The zero-order chi connectivity index (χ0) is 9.97. The average Bonchev–Trinajstić information content (AvgIpc) is 2.66. The molecule has 0 spiro atoms. The first-order valence-corrected chi connectivity index (χ1v) is 5.18. The Morgan fingerprint density at radius 3 is 2.64 bits per heavy atom. The molecule has 0 aromatic heterocycles. The van der Waals surface area contributed by atoms with Crippen LogP contribution in [0.5, 0.6) is 0 Å². The van der Waals surface area contributed by atoms with Crippen LogP contribution in [0.25, 0.3) is 0 Å². The molecule has 2 radical (unpaired) electrons. The Morgan fingerprint density at radius 2 is 2.00 bits per heavy atom. The quantitative estimate of drug-likeness (QED) is 0.598. The minimum atomic E-state index is -0.187. The molecule has 1 saturated heterocycles. The Kier molecular flexibility index (Phi) is 1.67. The van der Waals surface area contributed by atoms with E-state index < -0.39 is 0 Å². The fourth-order valence-electron chi connectivity index (χ4n) is 3.49. The van der Waals surface area contributed by atoms with E-state index in [0.717, 1.165) is 19.3 Å². The maximum Gasteiger partial charge on any atom is 0.115 e. The van der Waals surface area contributed by atoms with E-state index in [0.29, 0.717) is 5.92 Å². The second-order valence-corrected chi connectivity index (χ2v) is 4.79. The van der Waals surface area contributed by atoms with Gasteiger partial charge in [0.05, 0.1) is 5.60 Å². The minimum Gasteiger partial charge on any atom is -0.379 e. The summed E-state index contributed by atoms with van der Waals surface area (Å²) < 4.78 is 17.0. The maximum atomic E-state index is 5.82. The minimum absolute atomic E-state index is 0.0463. The highest BCUT2D eigenvalue weighted by molar-refractivity contribution is 6.11. The molecule has 3 rings (SSSR count). The summed E-state index contributed by atoms with van der Waals surface area (Å²) in [5, 5.41) is 0. The summed E-state index contributed by atoms with van der Waals surface area (Å²) in [4.78, 5) is 0. The van der Waals surface area contributed by atoms with Crippen LogP contribution in [0.3, 0.4) is 0 Å². The van der Waals surface area contributed by atoms with E-state index in [1.807, 2.05) is 0 Å². The van der Waals surface area contributed by atoms with Gasteiger partial charge in [-0.3, -0.25) is 0 Å². The van der Waals surface area contributed by atoms with Gasteiger partial charge in [0.15, 0.2) is 0 Å². The molecule has 0 aromatic carbocycles. The molecular formula is C10H15BO3. The lowest BCUT2D eigenvalue weighted by Gasteiger charge is -2.31. The summed E-state index contributed by atoms with van der Waals surface area (Å²) in [5.41, 5.74) is -0.248. The molecule has 2 aliphatic carbocycles. The smallest absolute Gasteiger partial charge is 0.115 e. The average molecular weight is 194 g/mol. The maximum absolute atomic E-state index is 5.82. The third-order valence-corrected chi connectivity index (χ3v) is 4.25. The van der Waals surface area contributed by atoms with E-state index in [4.69, 9.17) is 22.1 Å². The van der Waals surface area contributed by atoms with Crippen LogP contribution in [-0.4, -0.2) is 45.4 Å². The van der Waals surface area contributed by atoms with Crippen LogP contribution in [0.15, 0.2) is 0 Å². The topological polar surface area (TPSA) is 27.7 Å². The highest BCUT2D eigenvalue weighted by Crippen LogP contribution is 2.66. The van der Waals surface area contributed by atoms with Crippen LogP contribution in [0.2, 0.25) is 0 Å². The van der Waals surface area contributed by atoms with E-state index in [2.05, 4.69) is 0 Å². The van der Waals surface area contributed by atoms with Gasteiger partial charge in [-0.15, -0.1) is 0 Å². The van der Waals surface area contributed by atoms with Gasteiger partial charge in [-0.05, 0) is 25.2 Å². The number of ether oxygens (including phenoxy) is 3. The molecule has 3 fully saturated rings. The first-order valence-electron chi connectivity index (χ1n) is 5.18. The highest BCUT2D eigenvalue weighted by Gasteiger charge is 2.76. The third kappa shape index (κ3) is 0.854. The molecule has 1 aliphatic heterocycles. The lowest BCUT2D eigenvalue weighted by molar-refractivity contribution is -0.115. The van der Waals surface area contributed by atoms with E-state index in [1.54, 1.807) is 14.2 Å². The van der Waals surface area contributed by atoms with Gasteiger partial charge >= 0.3 is 0 Å². The summed E-state index contributed by atoms with van der Waals surface area (Å²) >= 11 is 0. The van der Waals surface area contributed by atoms with Crippen molar-refractivity contribution in [1.29, 1.82) is 0 Å². The summed E-state index contributed by atoms with van der Waals surface area (Å²) in [6.45, 7) is 0. The fourth-order valence-corrected chi connectivity index (χ4v) is 3.49. The molecule has 0 aromatic rings. The number of methoxy groups -OCH3 is 2. The standard InChI is InChI=1S/C10H15BO3/c1-12-9-3-6-4-10(6,13-2)8(9)14-7(11)5-9/h6-8H,3-5H2,1-2H3/t6-,7-,8+,9+,10-/m1/s1. The highest BCUT2D eigenvalue weighted by atomic mass is 16.6. The van der Waals surface area contributed by atoms with Crippen molar-refractivity contribution in [3.05, 3.63) is 0 Å². The number of fused-ring (bicyclic) bond motifs is 3.